The van der Waals surface area contributed by atoms with Crippen molar-refractivity contribution < 1.29 is 19.1 Å². The monoisotopic (exact) mass is 646 g/mol. The molecule has 2 aromatic heterocycles. The zero-order valence-corrected chi connectivity index (χ0v) is 27.1. The number of fused-ring (bicyclic) bond motifs is 1. The molecule has 0 atom stereocenters. The highest BCUT2D eigenvalue weighted by molar-refractivity contribution is 6.30. The number of hydrogen-bond acceptors (Lipinski definition) is 10. The number of nitrogens with zero attached hydrogens (tertiary/aromatic N) is 5. The number of hydrogen-bond donors (Lipinski definition) is 3. The summed E-state index contributed by atoms with van der Waals surface area (Å²) in [6.45, 7) is 9.71. The van der Waals surface area contributed by atoms with Crippen molar-refractivity contribution in [1.82, 2.24) is 19.9 Å². The number of likely N-dealkylation sites (tertiary alicyclic amines) is 1. The molecule has 0 unspecified atom stereocenters. The van der Waals surface area contributed by atoms with E-state index in [4.69, 9.17) is 37.2 Å². The topological polar surface area (TPSA) is 160 Å². The fourth-order valence-corrected chi connectivity index (χ4v) is 6.53. The van der Waals surface area contributed by atoms with E-state index < -0.39 is 5.91 Å². The van der Waals surface area contributed by atoms with Gasteiger partial charge in [-0.05, 0) is 49.8 Å². The van der Waals surface area contributed by atoms with Crippen molar-refractivity contribution in [2.24, 2.45) is 11.7 Å². The van der Waals surface area contributed by atoms with Crippen LogP contribution in [-0.4, -0.2) is 82.4 Å². The lowest BCUT2D eigenvalue weighted by Crippen LogP contribution is -2.62. The van der Waals surface area contributed by atoms with Gasteiger partial charge < -0.3 is 25.9 Å². The summed E-state index contributed by atoms with van der Waals surface area (Å²) >= 11 is 5.94. The van der Waals surface area contributed by atoms with E-state index >= 15 is 0 Å². The van der Waals surface area contributed by atoms with E-state index in [2.05, 4.69) is 41.0 Å². The second kappa shape index (κ2) is 12.9. The van der Waals surface area contributed by atoms with E-state index in [-0.39, 0.29) is 42.1 Å². The predicted octanol–water partition coefficient (Wildman–Crippen LogP) is 4.08. The lowest BCUT2D eigenvalue weighted by Gasteiger charge is -2.49. The van der Waals surface area contributed by atoms with E-state index in [1.54, 1.807) is 17.0 Å². The zero-order chi connectivity index (χ0) is 32.6. The maximum Gasteiger partial charge on any atom is 0.265 e. The van der Waals surface area contributed by atoms with E-state index in [1.165, 1.54) is 18.6 Å². The first-order chi connectivity index (χ1) is 22.1. The minimum Gasteiger partial charge on any atom is -0.482 e. The van der Waals surface area contributed by atoms with Crippen molar-refractivity contribution in [3.05, 3.63) is 58.3 Å². The quantitative estimate of drug-likeness (QED) is 0.276. The average Bonchev–Trinajstić information content (AvgIpc) is 3.01. The van der Waals surface area contributed by atoms with E-state index in [9.17, 15) is 9.59 Å². The number of halogens is 1. The first kappa shape index (κ1) is 31.8. The molecule has 0 bridgehead atoms. The van der Waals surface area contributed by atoms with Gasteiger partial charge >= 0.3 is 0 Å². The molecule has 4 N–H and O–H groups in total. The molecule has 242 valence electrons. The van der Waals surface area contributed by atoms with E-state index in [0.29, 0.717) is 56.9 Å². The van der Waals surface area contributed by atoms with Gasteiger partial charge in [0.25, 0.3) is 11.8 Å². The molecule has 0 saturated carbocycles. The molecule has 12 nitrogen and oxygen atoms in total. The van der Waals surface area contributed by atoms with Crippen LogP contribution in [0.1, 0.15) is 61.1 Å². The SMILES string of the molecule is CC(C)Cc1nc(NC2CCN(C3(C)COC3)CC2)c(C=N)c(-c2ccc3c(c2)OCC(=O)N3Cc2ncc(Cl)cn2)c1C(N)=O. The second-order valence-electron chi connectivity index (χ2n) is 12.8. The summed E-state index contributed by atoms with van der Waals surface area (Å²) in [4.78, 5) is 43.5. The van der Waals surface area contributed by atoms with Gasteiger partial charge in [0.05, 0.1) is 47.3 Å². The largest absolute Gasteiger partial charge is 0.482 e. The van der Waals surface area contributed by atoms with Crippen LogP contribution in [0, 0.1) is 11.3 Å². The Morgan fingerprint density at radius 2 is 1.96 bits per heavy atom. The van der Waals surface area contributed by atoms with Gasteiger partial charge in [-0.2, -0.15) is 0 Å². The summed E-state index contributed by atoms with van der Waals surface area (Å²) < 4.78 is 11.4. The molecule has 2 amide bonds. The molecule has 3 aliphatic rings. The van der Waals surface area contributed by atoms with Crippen molar-refractivity contribution in [3.63, 3.8) is 0 Å². The molecule has 6 rings (SSSR count). The minimum atomic E-state index is -0.618. The zero-order valence-electron chi connectivity index (χ0n) is 26.3. The summed E-state index contributed by atoms with van der Waals surface area (Å²) in [6.07, 6.45) is 6.55. The molecule has 2 saturated heterocycles. The Morgan fingerprint density at radius 3 is 2.57 bits per heavy atom. The number of benzene rings is 1. The summed E-state index contributed by atoms with van der Waals surface area (Å²) in [6, 6.07) is 5.52. The van der Waals surface area contributed by atoms with Gasteiger partial charge in [-0.25, -0.2) is 15.0 Å². The third kappa shape index (κ3) is 6.29. The molecule has 3 aromatic rings. The second-order valence-corrected chi connectivity index (χ2v) is 13.3. The number of primary amides is 1. The number of amides is 2. The maximum absolute atomic E-state index is 13.1. The number of piperidine rings is 1. The highest BCUT2D eigenvalue weighted by atomic mass is 35.5. The van der Waals surface area contributed by atoms with Crippen LogP contribution in [0.15, 0.2) is 30.6 Å². The van der Waals surface area contributed by atoms with Crippen molar-refractivity contribution in [2.75, 3.05) is 43.1 Å². The van der Waals surface area contributed by atoms with Gasteiger partial charge in [-0.3, -0.25) is 19.4 Å². The van der Waals surface area contributed by atoms with Crippen LogP contribution in [0.4, 0.5) is 11.5 Å². The van der Waals surface area contributed by atoms with Crippen LogP contribution in [0.3, 0.4) is 0 Å². The average molecular weight is 647 g/mol. The lowest BCUT2D eigenvalue weighted by molar-refractivity contribution is -0.135. The van der Waals surface area contributed by atoms with Crippen LogP contribution in [0.2, 0.25) is 5.02 Å². The molecule has 3 aliphatic heterocycles. The molecule has 0 spiro atoms. The maximum atomic E-state index is 13.1. The summed E-state index contributed by atoms with van der Waals surface area (Å²) in [7, 11) is 0. The smallest absolute Gasteiger partial charge is 0.265 e. The molecule has 0 radical (unpaired) electrons. The predicted molar refractivity (Wildman–Crippen MR) is 176 cm³/mol. The van der Waals surface area contributed by atoms with Gasteiger partial charge in [0.15, 0.2) is 6.61 Å². The normalized spacial score (nSPS) is 18.1. The van der Waals surface area contributed by atoms with E-state index in [0.717, 1.165) is 39.1 Å². The third-order valence-corrected chi connectivity index (χ3v) is 9.09. The molecule has 5 heterocycles. The molecule has 2 fully saturated rings. The fraction of sp³-hybridized carbons (Fsp3) is 0.455. The van der Waals surface area contributed by atoms with Crippen LogP contribution in [0.5, 0.6) is 5.75 Å². The van der Waals surface area contributed by atoms with Gasteiger partial charge in [0.1, 0.15) is 17.4 Å². The Kier molecular flexibility index (Phi) is 8.95. The van der Waals surface area contributed by atoms with Crippen molar-refractivity contribution in [1.29, 1.82) is 5.41 Å². The summed E-state index contributed by atoms with van der Waals surface area (Å²) in [5.41, 5.74) is 9.16. The number of aromatic nitrogens is 3. The molecular weight excluding hydrogens is 608 g/mol. The Balaban J connectivity index is 1.37. The third-order valence-electron chi connectivity index (χ3n) is 8.89. The Hall–Kier alpha value is -4.13. The van der Waals surface area contributed by atoms with Gasteiger partial charge in [-0.1, -0.05) is 31.5 Å². The Labute approximate surface area is 273 Å². The van der Waals surface area contributed by atoms with Crippen LogP contribution < -0.4 is 20.7 Å². The van der Waals surface area contributed by atoms with E-state index in [1.807, 2.05) is 6.07 Å². The van der Waals surface area contributed by atoms with Gasteiger partial charge in [0.2, 0.25) is 0 Å². The molecular formula is C33H39ClN8O4. The number of nitrogens with one attached hydrogen (secondary N) is 2. The summed E-state index contributed by atoms with van der Waals surface area (Å²) in [5, 5.41) is 12.5. The highest BCUT2D eigenvalue weighted by Crippen LogP contribution is 2.41. The van der Waals surface area contributed by atoms with Crippen molar-refractivity contribution in [2.45, 2.75) is 58.2 Å². The number of carbonyl (C=O) groups excluding carboxylic acids is 2. The standard InChI is InChI=1S/C33H39ClN8O4/c1-19(2)10-24-30(31(36)44)29(23(12-35)32(40-24)39-22-6-8-41(9-7-22)33(3)17-45-18-33)20-4-5-25-26(11-20)46-16-28(43)42(25)15-27-37-13-21(34)14-38-27/h4-5,11-14,19,22,35H,6-10,15-18H2,1-3H3,(H2,36,44)(H,39,40). The number of pyridine rings is 1. The Bertz CT molecular complexity index is 1650. The Morgan fingerprint density at radius 1 is 1.24 bits per heavy atom. The molecule has 0 aliphatic carbocycles. The number of ether oxygens (including phenoxy) is 2. The summed E-state index contributed by atoms with van der Waals surface area (Å²) in [5.74, 6) is 0.782. The molecule has 13 heteroatoms. The minimum absolute atomic E-state index is 0.0978. The highest BCUT2D eigenvalue weighted by Gasteiger charge is 2.41. The molecule has 1 aromatic carbocycles. The van der Waals surface area contributed by atoms with Gasteiger partial charge in [-0.15, -0.1) is 0 Å². The number of rotatable bonds is 10. The number of carbonyl (C=O) groups is 2. The lowest BCUT2D eigenvalue weighted by atomic mass is 9.90. The van der Waals surface area contributed by atoms with Crippen LogP contribution >= 0.6 is 11.6 Å². The van der Waals surface area contributed by atoms with Gasteiger partial charge in [0, 0.05) is 48.9 Å². The first-order valence-electron chi connectivity index (χ1n) is 15.6. The van der Waals surface area contributed by atoms with Crippen LogP contribution in [-0.2, 0) is 22.5 Å². The fourth-order valence-electron chi connectivity index (χ4n) is 6.43. The molecule has 46 heavy (non-hydrogen) atoms. The number of nitrogens with two attached hydrogens (primary N) is 1. The first-order valence-corrected chi connectivity index (χ1v) is 15.9. The van der Waals surface area contributed by atoms with Crippen molar-refractivity contribution in [3.8, 4) is 16.9 Å². The van der Waals surface area contributed by atoms with Crippen LogP contribution in [0.25, 0.3) is 11.1 Å². The number of anilines is 2. The van der Waals surface area contributed by atoms with Crippen molar-refractivity contribution >= 4 is 41.1 Å².